The summed E-state index contributed by atoms with van der Waals surface area (Å²) in [4.78, 5) is 0. The van der Waals surface area contributed by atoms with Gasteiger partial charge in [0.2, 0.25) is 0 Å². The van der Waals surface area contributed by atoms with Gasteiger partial charge < -0.3 is 5.32 Å². The molecule has 3 nitrogen and oxygen atoms in total. The lowest BCUT2D eigenvalue weighted by molar-refractivity contribution is 0.395. The first kappa shape index (κ1) is 13.1. The fourth-order valence-corrected chi connectivity index (χ4v) is 5.07. The van der Waals surface area contributed by atoms with Crippen molar-refractivity contribution in [3.05, 3.63) is 35.4 Å². The third kappa shape index (κ3) is 3.00. The quantitative estimate of drug-likeness (QED) is 0.919. The highest BCUT2D eigenvalue weighted by molar-refractivity contribution is 7.91. The van der Waals surface area contributed by atoms with Crippen LogP contribution in [0, 0.1) is 0 Å². The average Bonchev–Trinajstić information content (AvgIpc) is 3.15. The summed E-state index contributed by atoms with van der Waals surface area (Å²) in [6.45, 7) is 2.80. The van der Waals surface area contributed by atoms with Gasteiger partial charge in [-0.05, 0) is 43.2 Å². The van der Waals surface area contributed by atoms with Crippen molar-refractivity contribution in [3.63, 3.8) is 0 Å². The van der Waals surface area contributed by atoms with Crippen LogP contribution in [0.3, 0.4) is 0 Å². The van der Waals surface area contributed by atoms with E-state index in [1.807, 2.05) is 6.92 Å². The minimum Gasteiger partial charge on any atom is -0.306 e. The molecule has 0 bridgehead atoms. The normalized spacial score (nSPS) is 29.5. The molecule has 104 valence electrons. The van der Waals surface area contributed by atoms with Crippen molar-refractivity contribution < 1.29 is 8.42 Å². The summed E-state index contributed by atoms with van der Waals surface area (Å²) < 4.78 is 23.2. The first-order valence-electron chi connectivity index (χ1n) is 7.01. The lowest BCUT2D eigenvalue weighted by Gasteiger charge is -2.24. The molecule has 1 aliphatic heterocycles. The SMILES string of the molecule is CC1(NCc2ccccc2C2CC2)CCS(=O)(=O)C1. The first-order chi connectivity index (χ1) is 8.98. The number of benzene rings is 1. The van der Waals surface area contributed by atoms with Crippen LogP contribution < -0.4 is 5.32 Å². The van der Waals surface area contributed by atoms with Gasteiger partial charge in [-0.1, -0.05) is 24.3 Å². The number of hydrogen-bond donors (Lipinski definition) is 1. The Morgan fingerprint density at radius 2 is 2.05 bits per heavy atom. The molecular weight excluding hydrogens is 258 g/mol. The molecule has 2 fully saturated rings. The Balaban J connectivity index is 1.70. The molecule has 1 heterocycles. The fourth-order valence-electron chi connectivity index (χ4n) is 2.95. The maximum absolute atomic E-state index is 11.6. The fraction of sp³-hybridized carbons (Fsp3) is 0.600. The van der Waals surface area contributed by atoms with Crippen molar-refractivity contribution in [2.45, 2.75) is 44.2 Å². The molecular formula is C15H21NO2S. The summed E-state index contributed by atoms with van der Waals surface area (Å²) in [7, 11) is -2.83. The second kappa shape index (κ2) is 4.60. The van der Waals surface area contributed by atoms with E-state index in [9.17, 15) is 8.42 Å². The van der Waals surface area contributed by atoms with Gasteiger partial charge in [-0.3, -0.25) is 0 Å². The van der Waals surface area contributed by atoms with Crippen molar-refractivity contribution >= 4 is 9.84 Å². The predicted molar refractivity (Wildman–Crippen MR) is 76.9 cm³/mol. The molecule has 2 aliphatic rings. The van der Waals surface area contributed by atoms with Gasteiger partial charge in [-0.2, -0.15) is 0 Å². The van der Waals surface area contributed by atoms with E-state index in [1.165, 1.54) is 24.0 Å². The number of sulfone groups is 1. The maximum Gasteiger partial charge on any atom is 0.152 e. The molecule has 19 heavy (non-hydrogen) atoms. The molecule has 1 N–H and O–H groups in total. The molecule has 1 saturated carbocycles. The van der Waals surface area contributed by atoms with Crippen molar-refractivity contribution in [1.29, 1.82) is 0 Å². The van der Waals surface area contributed by atoms with Gasteiger partial charge in [0.1, 0.15) is 0 Å². The van der Waals surface area contributed by atoms with Crippen LogP contribution in [-0.2, 0) is 16.4 Å². The summed E-state index contributed by atoms with van der Waals surface area (Å²) in [5.74, 6) is 1.32. The van der Waals surface area contributed by atoms with Crippen LogP contribution in [0.15, 0.2) is 24.3 Å². The molecule has 1 atom stereocenters. The predicted octanol–water partition coefficient (Wildman–Crippen LogP) is 2.23. The monoisotopic (exact) mass is 279 g/mol. The Hall–Kier alpha value is -0.870. The van der Waals surface area contributed by atoms with Gasteiger partial charge in [0.15, 0.2) is 9.84 Å². The molecule has 4 heteroatoms. The van der Waals surface area contributed by atoms with Crippen molar-refractivity contribution in [1.82, 2.24) is 5.32 Å². The molecule has 0 amide bonds. The van der Waals surface area contributed by atoms with E-state index < -0.39 is 9.84 Å². The van der Waals surface area contributed by atoms with Crippen LogP contribution in [0.4, 0.5) is 0 Å². The van der Waals surface area contributed by atoms with Crippen molar-refractivity contribution in [2.75, 3.05) is 11.5 Å². The Kier molecular flexibility index (Phi) is 3.18. The summed E-state index contributed by atoms with van der Waals surface area (Å²) in [5, 5.41) is 3.47. The number of nitrogens with one attached hydrogen (secondary N) is 1. The minimum absolute atomic E-state index is 0.254. The lowest BCUT2D eigenvalue weighted by atomic mass is 9.99. The van der Waals surface area contributed by atoms with Crippen molar-refractivity contribution in [3.8, 4) is 0 Å². The summed E-state index contributed by atoms with van der Waals surface area (Å²) in [6.07, 6.45) is 3.31. The summed E-state index contributed by atoms with van der Waals surface area (Å²) in [5.41, 5.74) is 2.52. The Morgan fingerprint density at radius 3 is 2.68 bits per heavy atom. The smallest absolute Gasteiger partial charge is 0.152 e. The van der Waals surface area contributed by atoms with Crippen LogP contribution in [0.1, 0.15) is 43.2 Å². The van der Waals surface area contributed by atoms with Crippen LogP contribution in [0.2, 0.25) is 0 Å². The number of hydrogen-bond acceptors (Lipinski definition) is 3. The molecule has 1 aliphatic carbocycles. The molecule has 1 aromatic carbocycles. The maximum atomic E-state index is 11.6. The lowest BCUT2D eigenvalue weighted by Crippen LogP contribution is -2.43. The van der Waals surface area contributed by atoms with Gasteiger partial charge in [0, 0.05) is 12.1 Å². The average molecular weight is 279 g/mol. The standard InChI is InChI=1S/C15H21NO2S/c1-15(8-9-19(17,18)11-15)16-10-13-4-2-3-5-14(13)12-6-7-12/h2-5,12,16H,6-11H2,1H3. The highest BCUT2D eigenvalue weighted by atomic mass is 32.2. The van der Waals surface area contributed by atoms with Crippen LogP contribution >= 0.6 is 0 Å². The topological polar surface area (TPSA) is 46.2 Å². The van der Waals surface area contributed by atoms with E-state index in [4.69, 9.17) is 0 Å². The highest BCUT2D eigenvalue weighted by Gasteiger charge is 2.38. The summed E-state index contributed by atoms with van der Waals surface area (Å²) in [6, 6.07) is 8.53. The van der Waals surface area contributed by atoms with E-state index >= 15 is 0 Å². The van der Waals surface area contributed by atoms with Crippen molar-refractivity contribution in [2.24, 2.45) is 0 Å². The Labute approximate surface area is 115 Å². The second-order valence-electron chi connectivity index (χ2n) is 6.23. The van der Waals surface area contributed by atoms with Gasteiger partial charge in [-0.15, -0.1) is 0 Å². The second-order valence-corrected chi connectivity index (χ2v) is 8.41. The molecule has 1 aromatic rings. The molecule has 1 unspecified atom stereocenters. The zero-order valence-corrected chi connectivity index (χ0v) is 12.2. The molecule has 1 saturated heterocycles. The zero-order chi connectivity index (χ0) is 13.5. The van der Waals surface area contributed by atoms with Crippen LogP contribution in [-0.4, -0.2) is 25.5 Å². The third-order valence-electron chi connectivity index (χ3n) is 4.28. The Bertz CT molecular complexity index is 578. The van der Waals surface area contributed by atoms with Gasteiger partial charge in [0.05, 0.1) is 11.5 Å². The molecule has 0 aromatic heterocycles. The van der Waals surface area contributed by atoms with Gasteiger partial charge in [-0.25, -0.2) is 8.42 Å². The van der Waals surface area contributed by atoms with E-state index in [2.05, 4.69) is 29.6 Å². The largest absolute Gasteiger partial charge is 0.306 e. The third-order valence-corrected chi connectivity index (χ3v) is 6.18. The molecule has 3 rings (SSSR count). The van der Waals surface area contributed by atoms with Crippen LogP contribution in [0.25, 0.3) is 0 Å². The van der Waals surface area contributed by atoms with E-state index in [0.29, 0.717) is 5.75 Å². The van der Waals surface area contributed by atoms with E-state index in [-0.39, 0.29) is 11.3 Å². The minimum atomic E-state index is -2.83. The molecule has 0 radical (unpaired) electrons. The van der Waals surface area contributed by atoms with E-state index in [0.717, 1.165) is 18.9 Å². The van der Waals surface area contributed by atoms with E-state index in [1.54, 1.807) is 0 Å². The highest BCUT2D eigenvalue weighted by Crippen LogP contribution is 2.41. The Morgan fingerprint density at radius 1 is 1.32 bits per heavy atom. The van der Waals surface area contributed by atoms with Gasteiger partial charge >= 0.3 is 0 Å². The summed E-state index contributed by atoms with van der Waals surface area (Å²) >= 11 is 0. The first-order valence-corrected chi connectivity index (χ1v) is 8.83. The number of rotatable bonds is 4. The molecule has 0 spiro atoms. The van der Waals surface area contributed by atoms with Gasteiger partial charge in [0.25, 0.3) is 0 Å². The van der Waals surface area contributed by atoms with Crippen LogP contribution in [0.5, 0.6) is 0 Å². The zero-order valence-electron chi connectivity index (χ0n) is 11.4.